The van der Waals surface area contributed by atoms with E-state index in [-0.39, 0.29) is 18.6 Å². The number of hydrogen-bond acceptors (Lipinski definition) is 3. The molecule has 0 radical (unpaired) electrons. The molecule has 21 heavy (non-hydrogen) atoms. The standard InChI is InChI=1S/C17H22N2O2/c1-13-7-8-14(5-4-9-18)11-16(13)17(21)19-10-3-2-6-15(19)12-20/h7-8,11,15,20H,2-3,6,9-10,12,18H2,1H3. The largest absolute Gasteiger partial charge is 0.394 e. The summed E-state index contributed by atoms with van der Waals surface area (Å²) in [5.74, 6) is 5.75. The second-order valence-electron chi connectivity index (χ2n) is 5.37. The third kappa shape index (κ3) is 3.63. The van der Waals surface area contributed by atoms with Crippen LogP contribution in [0.5, 0.6) is 0 Å². The monoisotopic (exact) mass is 286 g/mol. The van der Waals surface area contributed by atoms with Crippen LogP contribution in [0.1, 0.15) is 40.7 Å². The predicted molar refractivity (Wildman–Crippen MR) is 82.9 cm³/mol. The molecule has 3 N–H and O–H groups in total. The first kappa shape index (κ1) is 15.6. The van der Waals surface area contributed by atoms with Crippen LogP contribution in [-0.2, 0) is 0 Å². The molecule has 4 nitrogen and oxygen atoms in total. The number of hydrogen-bond donors (Lipinski definition) is 2. The second kappa shape index (κ2) is 7.26. The Hall–Kier alpha value is -1.83. The minimum Gasteiger partial charge on any atom is -0.394 e. The molecule has 1 aliphatic rings. The van der Waals surface area contributed by atoms with Crippen molar-refractivity contribution in [2.45, 2.75) is 32.2 Å². The lowest BCUT2D eigenvalue weighted by atomic mass is 9.99. The van der Waals surface area contributed by atoms with Crippen molar-refractivity contribution in [3.05, 3.63) is 34.9 Å². The topological polar surface area (TPSA) is 66.6 Å². The zero-order valence-corrected chi connectivity index (χ0v) is 12.4. The molecular formula is C17H22N2O2. The summed E-state index contributed by atoms with van der Waals surface area (Å²) in [5, 5.41) is 9.47. The molecule has 4 heteroatoms. The molecule has 1 amide bonds. The number of nitrogens with zero attached hydrogens (tertiary/aromatic N) is 1. The summed E-state index contributed by atoms with van der Waals surface area (Å²) >= 11 is 0. The van der Waals surface area contributed by atoms with Crippen molar-refractivity contribution in [2.75, 3.05) is 19.7 Å². The molecule has 0 saturated carbocycles. The summed E-state index contributed by atoms with van der Waals surface area (Å²) in [6, 6.07) is 5.56. The highest BCUT2D eigenvalue weighted by Gasteiger charge is 2.27. The first-order valence-corrected chi connectivity index (χ1v) is 7.38. The van der Waals surface area contributed by atoms with Crippen molar-refractivity contribution in [2.24, 2.45) is 5.73 Å². The maximum atomic E-state index is 12.8. The summed E-state index contributed by atoms with van der Waals surface area (Å²) < 4.78 is 0. The smallest absolute Gasteiger partial charge is 0.254 e. The number of carbonyl (C=O) groups is 1. The van der Waals surface area contributed by atoms with Gasteiger partial charge in [0, 0.05) is 17.7 Å². The fraction of sp³-hybridized carbons (Fsp3) is 0.471. The fourth-order valence-electron chi connectivity index (χ4n) is 2.70. The quantitative estimate of drug-likeness (QED) is 0.805. The Labute approximate surface area is 125 Å². The lowest BCUT2D eigenvalue weighted by Gasteiger charge is -2.35. The van der Waals surface area contributed by atoms with Crippen molar-refractivity contribution < 1.29 is 9.90 Å². The molecule has 1 aromatic rings. The number of piperidine rings is 1. The number of likely N-dealkylation sites (tertiary alicyclic amines) is 1. The van der Waals surface area contributed by atoms with E-state index in [2.05, 4.69) is 11.8 Å². The Bertz CT molecular complexity index is 572. The van der Waals surface area contributed by atoms with Crippen molar-refractivity contribution in [3.63, 3.8) is 0 Å². The van der Waals surface area contributed by atoms with Gasteiger partial charge in [0.1, 0.15) is 0 Å². The van der Waals surface area contributed by atoms with Gasteiger partial charge in [-0.3, -0.25) is 4.79 Å². The second-order valence-corrected chi connectivity index (χ2v) is 5.37. The van der Waals surface area contributed by atoms with Crippen molar-refractivity contribution >= 4 is 5.91 Å². The first-order valence-electron chi connectivity index (χ1n) is 7.38. The fourth-order valence-corrected chi connectivity index (χ4v) is 2.70. The average Bonchev–Trinajstić information content (AvgIpc) is 2.53. The van der Waals surface area contributed by atoms with E-state index in [0.29, 0.717) is 18.7 Å². The molecule has 2 rings (SSSR count). The maximum absolute atomic E-state index is 12.8. The molecule has 1 saturated heterocycles. The average molecular weight is 286 g/mol. The maximum Gasteiger partial charge on any atom is 0.254 e. The summed E-state index contributed by atoms with van der Waals surface area (Å²) in [7, 11) is 0. The Morgan fingerprint density at radius 1 is 1.48 bits per heavy atom. The summed E-state index contributed by atoms with van der Waals surface area (Å²) in [6.07, 6.45) is 2.93. The molecule has 1 heterocycles. The van der Waals surface area contributed by atoms with E-state index in [1.807, 2.05) is 25.1 Å². The van der Waals surface area contributed by atoms with Crippen LogP contribution < -0.4 is 5.73 Å². The Morgan fingerprint density at radius 2 is 2.29 bits per heavy atom. The van der Waals surface area contributed by atoms with Crippen LogP contribution in [0.25, 0.3) is 0 Å². The van der Waals surface area contributed by atoms with Gasteiger partial charge in [-0.1, -0.05) is 17.9 Å². The zero-order valence-electron chi connectivity index (χ0n) is 12.4. The Balaban J connectivity index is 2.29. The number of aliphatic hydroxyl groups excluding tert-OH is 1. The summed E-state index contributed by atoms with van der Waals surface area (Å²) in [4.78, 5) is 14.6. The van der Waals surface area contributed by atoms with E-state index in [1.165, 1.54) is 0 Å². The van der Waals surface area contributed by atoms with E-state index in [4.69, 9.17) is 5.73 Å². The molecule has 112 valence electrons. The van der Waals surface area contributed by atoms with E-state index in [1.54, 1.807) is 4.90 Å². The van der Waals surface area contributed by atoms with Gasteiger partial charge in [-0.15, -0.1) is 0 Å². The van der Waals surface area contributed by atoms with Crippen molar-refractivity contribution in [3.8, 4) is 11.8 Å². The molecule has 1 atom stereocenters. The number of carbonyl (C=O) groups excluding carboxylic acids is 1. The van der Waals surface area contributed by atoms with Crippen LogP contribution in [-0.4, -0.2) is 41.7 Å². The minimum absolute atomic E-state index is 0.0114. The molecule has 0 bridgehead atoms. The van der Waals surface area contributed by atoms with Crippen molar-refractivity contribution in [1.82, 2.24) is 4.90 Å². The zero-order chi connectivity index (χ0) is 15.2. The number of amides is 1. The molecule has 1 aromatic carbocycles. The van der Waals surface area contributed by atoms with Gasteiger partial charge in [-0.05, 0) is 43.9 Å². The van der Waals surface area contributed by atoms with E-state index < -0.39 is 0 Å². The van der Waals surface area contributed by atoms with Crippen LogP contribution in [0.2, 0.25) is 0 Å². The van der Waals surface area contributed by atoms with Crippen LogP contribution in [0.4, 0.5) is 0 Å². The minimum atomic E-state index is -0.0653. The number of rotatable bonds is 2. The van der Waals surface area contributed by atoms with Crippen molar-refractivity contribution in [1.29, 1.82) is 0 Å². The molecule has 0 spiro atoms. The van der Waals surface area contributed by atoms with Gasteiger partial charge in [0.15, 0.2) is 0 Å². The predicted octanol–water partition coefficient (Wildman–Crippen LogP) is 1.29. The van der Waals surface area contributed by atoms with E-state index >= 15 is 0 Å². The van der Waals surface area contributed by atoms with Crippen LogP contribution in [0, 0.1) is 18.8 Å². The normalized spacial score (nSPS) is 18.0. The molecule has 1 unspecified atom stereocenters. The molecule has 1 aliphatic heterocycles. The molecular weight excluding hydrogens is 264 g/mol. The lowest BCUT2D eigenvalue weighted by molar-refractivity contribution is 0.0502. The summed E-state index contributed by atoms with van der Waals surface area (Å²) in [6.45, 7) is 2.96. The number of aliphatic hydroxyl groups is 1. The third-order valence-corrected chi connectivity index (χ3v) is 3.90. The third-order valence-electron chi connectivity index (χ3n) is 3.90. The van der Waals surface area contributed by atoms with Gasteiger partial charge in [0.25, 0.3) is 5.91 Å². The van der Waals surface area contributed by atoms with Gasteiger partial charge in [0.05, 0.1) is 19.2 Å². The van der Waals surface area contributed by atoms with E-state index in [0.717, 1.165) is 30.4 Å². The van der Waals surface area contributed by atoms with E-state index in [9.17, 15) is 9.90 Å². The Kier molecular flexibility index (Phi) is 5.38. The number of nitrogens with two attached hydrogens (primary N) is 1. The summed E-state index contributed by atoms with van der Waals surface area (Å²) in [5.41, 5.74) is 7.78. The number of benzene rings is 1. The SMILES string of the molecule is Cc1ccc(C#CCN)cc1C(=O)N1CCCCC1CO. The van der Waals surface area contributed by atoms with Crippen LogP contribution >= 0.6 is 0 Å². The highest BCUT2D eigenvalue weighted by Crippen LogP contribution is 2.21. The van der Waals surface area contributed by atoms with Crippen LogP contribution in [0.15, 0.2) is 18.2 Å². The van der Waals surface area contributed by atoms with Gasteiger partial charge < -0.3 is 15.7 Å². The highest BCUT2D eigenvalue weighted by atomic mass is 16.3. The molecule has 0 aliphatic carbocycles. The van der Waals surface area contributed by atoms with Gasteiger partial charge in [-0.2, -0.15) is 0 Å². The van der Waals surface area contributed by atoms with Crippen LogP contribution in [0.3, 0.4) is 0 Å². The number of aryl methyl sites for hydroxylation is 1. The van der Waals surface area contributed by atoms with Gasteiger partial charge >= 0.3 is 0 Å². The first-order chi connectivity index (χ1) is 10.2. The lowest BCUT2D eigenvalue weighted by Crippen LogP contribution is -2.45. The molecule has 0 aromatic heterocycles. The molecule has 1 fully saturated rings. The van der Waals surface area contributed by atoms with Gasteiger partial charge in [-0.25, -0.2) is 0 Å². The van der Waals surface area contributed by atoms with Gasteiger partial charge in [0.2, 0.25) is 0 Å². The highest BCUT2D eigenvalue weighted by molar-refractivity contribution is 5.96. The Morgan fingerprint density at radius 3 is 3.00 bits per heavy atom.